The van der Waals surface area contributed by atoms with Crippen molar-refractivity contribution in [3.63, 3.8) is 0 Å². The van der Waals surface area contributed by atoms with Gasteiger partial charge in [-0.3, -0.25) is 0 Å². The van der Waals surface area contributed by atoms with Gasteiger partial charge in [0.05, 0.1) is 10.6 Å². The molecular weight excluding hydrogens is 368 g/mol. The molecule has 0 unspecified atom stereocenters. The summed E-state index contributed by atoms with van der Waals surface area (Å²) in [7, 11) is -1.98. The first-order valence-electron chi connectivity index (χ1n) is 9.15. The van der Waals surface area contributed by atoms with Crippen molar-refractivity contribution in [2.75, 3.05) is 31.3 Å². The number of sulfonamides is 1. The lowest BCUT2D eigenvalue weighted by Gasteiger charge is -2.34. The summed E-state index contributed by atoms with van der Waals surface area (Å²) in [4.78, 5) is 3.10. The first kappa shape index (κ1) is 21.4. The number of hydrogen-bond acceptors (Lipinski definition) is 5. The number of nitrogens with zero attached hydrogens (tertiary/aromatic N) is 2. The second kappa shape index (κ2) is 7.98. The third-order valence-electron chi connectivity index (χ3n) is 4.76. The maximum atomic E-state index is 13.2. The van der Waals surface area contributed by atoms with E-state index < -0.39 is 10.0 Å². The largest absolute Gasteiger partial charge is 0.507 e. The van der Waals surface area contributed by atoms with Crippen LogP contribution in [0.3, 0.4) is 0 Å². The molecule has 0 saturated heterocycles. The van der Waals surface area contributed by atoms with Gasteiger partial charge < -0.3 is 10.0 Å². The standard InChI is InChI=1S/C19H32N2O3S2/c1-7-8-9-14-12-21(13-19(2,3)4)15-10-17(25-6)16(22)11-18(15)26(23,24)20(14)5/h10-11,14,22H,7-9,12-13H2,1-6H3/t14-/m1/s1. The van der Waals surface area contributed by atoms with Gasteiger partial charge in [0.15, 0.2) is 0 Å². The SMILES string of the molecule is CCCC[C@@H]1CN(CC(C)(C)C)c2cc(SC)c(O)cc2S(=O)(=O)N1C. The molecule has 1 atom stereocenters. The first-order chi connectivity index (χ1) is 12.0. The Kier molecular flexibility index (Phi) is 6.57. The summed E-state index contributed by atoms with van der Waals surface area (Å²) in [6.45, 7) is 10.0. The molecule has 2 rings (SSSR count). The molecule has 0 aliphatic carbocycles. The molecule has 7 heteroatoms. The number of rotatable bonds is 5. The molecule has 1 aromatic rings. The first-order valence-corrected chi connectivity index (χ1v) is 11.8. The Balaban J connectivity index is 2.64. The number of unbranched alkanes of at least 4 members (excludes halogenated alkanes) is 1. The van der Waals surface area contributed by atoms with E-state index in [4.69, 9.17) is 0 Å². The summed E-state index contributed by atoms with van der Waals surface area (Å²) >= 11 is 1.43. The van der Waals surface area contributed by atoms with Crippen LogP contribution >= 0.6 is 11.8 Å². The van der Waals surface area contributed by atoms with E-state index in [9.17, 15) is 13.5 Å². The zero-order valence-electron chi connectivity index (χ0n) is 16.7. The molecule has 148 valence electrons. The average Bonchev–Trinajstić information content (AvgIpc) is 2.61. The number of thioether (sulfide) groups is 1. The predicted octanol–water partition coefficient (Wildman–Crippen LogP) is 4.16. The van der Waals surface area contributed by atoms with Crippen LogP contribution in [0.4, 0.5) is 5.69 Å². The van der Waals surface area contributed by atoms with Crippen molar-refractivity contribution in [1.29, 1.82) is 0 Å². The average molecular weight is 401 g/mol. The molecule has 1 aliphatic heterocycles. The van der Waals surface area contributed by atoms with Crippen molar-refractivity contribution < 1.29 is 13.5 Å². The van der Waals surface area contributed by atoms with Gasteiger partial charge in [0.25, 0.3) is 0 Å². The van der Waals surface area contributed by atoms with E-state index in [-0.39, 0.29) is 22.1 Å². The van der Waals surface area contributed by atoms with E-state index in [1.165, 1.54) is 22.1 Å². The lowest BCUT2D eigenvalue weighted by molar-refractivity contribution is 0.331. The highest BCUT2D eigenvalue weighted by molar-refractivity contribution is 7.98. The van der Waals surface area contributed by atoms with E-state index in [1.54, 1.807) is 7.05 Å². The molecule has 5 nitrogen and oxygen atoms in total. The fraction of sp³-hybridized carbons (Fsp3) is 0.684. The lowest BCUT2D eigenvalue weighted by atomic mass is 9.95. The minimum absolute atomic E-state index is 0.0240. The number of anilines is 1. The Morgan fingerprint density at radius 1 is 1.31 bits per heavy atom. The third kappa shape index (κ3) is 4.49. The van der Waals surface area contributed by atoms with Crippen molar-refractivity contribution in [3.05, 3.63) is 12.1 Å². The molecule has 1 N–H and O–H groups in total. The Hall–Kier alpha value is -0.920. The van der Waals surface area contributed by atoms with Crippen molar-refractivity contribution in [2.24, 2.45) is 5.41 Å². The summed E-state index contributed by atoms with van der Waals surface area (Å²) in [5, 5.41) is 10.3. The number of benzene rings is 1. The predicted molar refractivity (Wildman–Crippen MR) is 110 cm³/mol. The van der Waals surface area contributed by atoms with Crippen molar-refractivity contribution in [1.82, 2.24) is 4.31 Å². The number of aromatic hydroxyl groups is 1. The van der Waals surface area contributed by atoms with Crippen LogP contribution in [0.2, 0.25) is 0 Å². The number of fused-ring (bicyclic) bond motifs is 1. The van der Waals surface area contributed by atoms with Crippen molar-refractivity contribution >= 4 is 27.5 Å². The van der Waals surface area contributed by atoms with Crippen molar-refractivity contribution in [2.45, 2.75) is 62.8 Å². The molecule has 0 aromatic heterocycles. The molecule has 0 saturated carbocycles. The minimum atomic E-state index is -3.65. The Morgan fingerprint density at radius 2 is 1.96 bits per heavy atom. The van der Waals surface area contributed by atoms with Gasteiger partial charge in [0, 0.05) is 32.2 Å². The molecule has 0 radical (unpaired) electrons. The fourth-order valence-corrected chi connectivity index (χ4v) is 5.50. The molecular formula is C19H32N2O3S2. The normalized spacial score (nSPS) is 20.7. The van der Waals surface area contributed by atoms with Crippen LogP contribution in [0.15, 0.2) is 21.9 Å². The van der Waals surface area contributed by atoms with E-state index in [0.717, 1.165) is 25.8 Å². The van der Waals surface area contributed by atoms with Gasteiger partial charge in [0.1, 0.15) is 10.6 Å². The Bertz CT molecular complexity index is 742. The van der Waals surface area contributed by atoms with Gasteiger partial charge in [-0.15, -0.1) is 11.8 Å². The monoisotopic (exact) mass is 400 g/mol. The molecule has 1 heterocycles. The van der Waals surface area contributed by atoms with E-state index >= 15 is 0 Å². The minimum Gasteiger partial charge on any atom is -0.507 e. The summed E-state index contributed by atoms with van der Waals surface area (Å²) in [6.07, 6.45) is 4.75. The Labute approximate surface area is 162 Å². The van der Waals surface area contributed by atoms with Crippen LogP contribution < -0.4 is 4.90 Å². The number of phenolic OH excluding ortho intramolecular Hbond substituents is 1. The smallest absolute Gasteiger partial charge is 0.245 e. The maximum Gasteiger partial charge on any atom is 0.245 e. The van der Waals surface area contributed by atoms with Crippen LogP contribution in [-0.2, 0) is 10.0 Å². The summed E-state index contributed by atoms with van der Waals surface area (Å²) in [5.41, 5.74) is 0.726. The maximum absolute atomic E-state index is 13.2. The van der Waals surface area contributed by atoms with Gasteiger partial charge >= 0.3 is 0 Å². The summed E-state index contributed by atoms with van der Waals surface area (Å²) in [5.74, 6) is 0.0240. The van der Waals surface area contributed by atoms with Gasteiger partial charge in [-0.2, -0.15) is 4.31 Å². The van der Waals surface area contributed by atoms with Gasteiger partial charge in [-0.25, -0.2) is 8.42 Å². The molecule has 26 heavy (non-hydrogen) atoms. The molecule has 0 amide bonds. The topological polar surface area (TPSA) is 60.9 Å². The van der Waals surface area contributed by atoms with E-state index in [2.05, 4.69) is 32.6 Å². The number of hydrogen-bond donors (Lipinski definition) is 1. The number of phenols is 1. The van der Waals surface area contributed by atoms with Crippen LogP contribution in [0.25, 0.3) is 0 Å². The molecule has 1 aliphatic rings. The van der Waals surface area contributed by atoms with Gasteiger partial charge in [-0.05, 0) is 24.2 Å². The number of likely N-dealkylation sites (N-methyl/N-ethyl adjacent to an activating group) is 1. The highest BCUT2D eigenvalue weighted by Gasteiger charge is 2.37. The Morgan fingerprint density at radius 3 is 2.50 bits per heavy atom. The summed E-state index contributed by atoms with van der Waals surface area (Å²) < 4.78 is 28.0. The van der Waals surface area contributed by atoms with Crippen molar-refractivity contribution in [3.8, 4) is 5.75 Å². The fourth-order valence-electron chi connectivity index (χ4n) is 3.41. The zero-order valence-corrected chi connectivity index (χ0v) is 18.4. The van der Waals surface area contributed by atoms with Gasteiger partial charge in [0.2, 0.25) is 10.0 Å². The second-order valence-corrected chi connectivity index (χ2v) is 11.1. The highest BCUT2D eigenvalue weighted by Crippen LogP contribution is 2.41. The summed E-state index contributed by atoms with van der Waals surface area (Å²) in [6, 6.07) is 3.18. The van der Waals surface area contributed by atoms with Crippen LogP contribution in [0.1, 0.15) is 47.0 Å². The lowest BCUT2D eigenvalue weighted by Crippen LogP contribution is -2.43. The van der Waals surface area contributed by atoms with Crippen LogP contribution in [0.5, 0.6) is 5.75 Å². The highest BCUT2D eigenvalue weighted by atomic mass is 32.2. The van der Waals surface area contributed by atoms with Gasteiger partial charge in [-0.1, -0.05) is 40.5 Å². The van der Waals surface area contributed by atoms with Crippen LogP contribution in [0, 0.1) is 5.41 Å². The second-order valence-electron chi connectivity index (χ2n) is 8.25. The molecule has 0 bridgehead atoms. The quantitative estimate of drug-likeness (QED) is 0.752. The third-order valence-corrected chi connectivity index (χ3v) is 7.47. The molecule has 0 fully saturated rings. The molecule has 0 spiro atoms. The molecule has 1 aromatic carbocycles. The zero-order chi connectivity index (χ0) is 19.7. The van der Waals surface area contributed by atoms with E-state index in [1.807, 2.05) is 12.3 Å². The van der Waals surface area contributed by atoms with Crippen LogP contribution in [-0.4, -0.2) is 50.3 Å². The van der Waals surface area contributed by atoms with E-state index in [0.29, 0.717) is 17.1 Å².